The first kappa shape index (κ1) is 12.0. The van der Waals surface area contributed by atoms with Gasteiger partial charge in [-0.25, -0.2) is 13.1 Å². The predicted octanol–water partition coefficient (Wildman–Crippen LogP) is 1.18. The van der Waals surface area contributed by atoms with Crippen LogP contribution in [0.5, 0.6) is 0 Å². The third-order valence-electron chi connectivity index (χ3n) is 2.21. The van der Waals surface area contributed by atoms with Gasteiger partial charge in [0, 0.05) is 6.54 Å². The van der Waals surface area contributed by atoms with E-state index < -0.39 is 10.0 Å². The molecular weight excluding hydrogens is 212 g/mol. The number of rotatable bonds is 3. The van der Waals surface area contributed by atoms with Gasteiger partial charge in [-0.3, -0.25) is 0 Å². The molecule has 3 N–H and O–H groups in total. The Balaban J connectivity index is 3.43. The van der Waals surface area contributed by atoms with Gasteiger partial charge in [0.05, 0.1) is 5.69 Å². The van der Waals surface area contributed by atoms with E-state index in [9.17, 15) is 8.42 Å². The summed E-state index contributed by atoms with van der Waals surface area (Å²) in [6.07, 6.45) is 0. The van der Waals surface area contributed by atoms with Crippen LogP contribution in [0.4, 0.5) is 5.69 Å². The second kappa shape index (κ2) is 4.20. The van der Waals surface area contributed by atoms with E-state index in [-0.39, 0.29) is 4.90 Å². The van der Waals surface area contributed by atoms with E-state index in [2.05, 4.69) is 4.72 Å². The Bertz CT molecular complexity index is 467. The predicted molar refractivity (Wildman–Crippen MR) is 61.2 cm³/mol. The fourth-order valence-corrected chi connectivity index (χ4v) is 2.89. The van der Waals surface area contributed by atoms with Crippen LogP contribution in [0.3, 0.4) is 0 Å². The van der Waals surface area contributed by atoms with Crippen molar-refractivity contribution in [2.75, 3.05) is 12.3 Å². The fourth-order valence-electron chi connectivity index (χ4n) is 1.43. The maximum absolute atomic E-state index is 11.8. The lowest BCUT2D eigenvalue weighted by Gasteiger charge is -2.12. The molecule has 0 saturated heterocycles. The molecule has 0 spiro atoms. The Morgan fingerprint density at radius 3 is 2.33 bits per heavy atom. The Morgan fingerprint density at radius 1 is 1.27 bits per heavy atom. The number of nitrogen functional groups attached to an aromatic ring is 1. The summed E-state index contributed by atoms with van der Waals surface area (Å²) in [5.74, 6) is 0. The molecular formula is C10H16N2O2S. The third-order valence-corrected chi connectivity index (χ3v) is 3.96. The van der Waals surface area contributed by atoms with Gasteiger partial charge in [-0.1, -0.05) is 19.1 Å². The third kappa shape index (κ3) is 2.30. The molecule has 0 unspecified atom stereocenters. The standard InChI is InChI=1S/C10H16N2O2S/c1-4-12-15(13,14)10-8(3)6-5-7(2)9(10)11/h5-6,12H,4,11H2,1-3H3. The number of hydrogen-bond donors (Lipinski definition) is 2. The molecule has 0 radical (unpaired) electrons. The Morgan fingerprint density at radius 2 is 1.80 bits per heavy atom. The van der Waals surface area contributed by atoms with Crippen LogP contribution in [0.25, 0.3) is 0 Å². The van der Waals surface area contributed by atoms with Crippen molar-refractivity contribution in [2.45, 2.75) is 25.7 Å². The number of nitrogens with two attached hydrogens (primary N) is 1. The van der Waals surface area contributed by atoms with Gasteiger partial charge in [0.15, 0.2) is 0 Å². The summed E-state index contributed by atoms with van der Waals surface area (Å²) in [4.78, 5) is 0.198. The molecule has 0 amide bonds. The van der Waals surface area contributed by atoms with Crippen molar-refractivity contribution in [2.24, 2.45) is 0 Å². The van der Waals surface area contributed by atoms with Crippen LogP contribution < -0.4 is 10.5 Å². The van der Waals surface area contributed by atoms with Crippen molar-refractivity contribution >= 4 is 15.7 Å². The number of anilines is 1. The number of aryl methyl sites for hydroxylation is 2. The molecule has 1 aromatic rings. The zero-order valence-corrected chi connectivity index (χ0v) is 9.98. The molecule has 1 aromatic carbocycles. The minimum Gasteiger partial charge on any atom is -0.397 e. The van der Waals surface area contributed by atoms with Crippen molar-refractivity contribution in [1.82, 2.24) is 4.72 Å². The lowest BCUT2D eigenvalue weighted by Crippen LogP contribution is -2.25. The molecule has 4 nitrogen and oxygen atoms in total. The first-order chi connectivity index (χ1) is 6.90. The topological polar surface area (TPSA) is 72.2 Å². The summed E-state index contributed by atoms with van der Waals surface area (Å²) in [6, 6.07) is 3.57. The SMILES string of the molecule is CCNS(=O)(=O)c1c(C)ccc(C)c1N. The van der Waals surface area contributed by atoms with E-state index in [1.54, 1.807) is 26.8 Å². The second-order valence-corrected chi connectivity index (χ2v) is 5.15. The lowest BCUT2D eigenvalue weighted by molar-refractivity contribution is 0.583. The quantitative estimate of drug-likeness (QED) is 0.763. The summed E-state index contributed by atoms with van der Waals surface area (Å²) in [5, 5.41) is 0. The summed E-state index contributed by atoms with van der Waals surface area (Å²) in [7, 11) is -3.47. The highest BCUT2D eigenvalue weighted by Gasteiger charge is 2.19. The van der Waals surface area contributed by atoms with Crippen molar-refractivity contribution in [3.8, 4) is 0 Å². The van der Waals surface area contributed by atoms with Crippen LogP contribution in [-0.4, -0.2) is 15.0 Å². The van der Waals surface area contributed by atoms with Crippen molar-refractivity contribution < 1.29 is 8.42 Å². The van der Waals surface area contributed by atoms with Gasteiger partial charge in [0.25, 0.3) is 0 Å². The fraction of sp³-hybridized carbons (Fsp3) is 0.400. The van der Waals surface area contributed by atoms with E-state index in [1.807, 2.05) is 6.07 Å². The molecule has 84 valence electrons. The minimum atomic E-state index is -3.47. The molecule has 0 saturated carbocycles. The molecule has 0 fully saturated rings. The highest BCUT2D eigenvalue weighted by Crippen LogP contribution is 2.25. The largest absolute Gasteiger partial charge is 0.397 e. The van der Waals surface area contributed by atoms with Gasteiger partial charge in [0.1, 0.15) is 4.90 Å². The molecule has 0 aliphatic carbocycles. The van der Waals surface area contributed by atoms with Crippen LogP contribution >= 0.6 is 0 Å². The average Bonchev–Trinajstić information content (AvgIpc) is 2.11. The van der Waals surface area contributed by atoms with Gasteiger partial charge in [0.2, 0.25) is 10.0 Å². The highest BCUT2D eigenvalue weighted by atomic mass is 32.2. The van der Waals surface area contributed by atoms with Crippen molar-refractivity contribution in [1.29, 1.82) is 0 Å². The van der Waals surface area contributed by atoms with Crippen LogP contribution in [0.1, 0.15) is 18.1 Å². The number of benzene rings is 1. The van der Waals surface area contributed by atoms with Crippen molar-refractivity contribution in [3.63, 3.8) is 0 Å². The van der Waals surface area contributed by atoms with Crippen molar-refractivity contribution in [3.05, 3.63) is 23.3 Å². The van der Waals surface area contributed by atoms with Gasteiger partial charge >= 0.3 is 0 Å². The Kier molecular flexibility index (Phi) is 3.36. The normalized spacial score (nSPS) is 11.7. The maximum atomic E-state index is 11.8. The molecule has 0 aliphatic rings. The summed E-state index contributed by atoms with van der Waals surface area (Å²) < 4.78 is 26.1. The zero-order valence-electron chi connectivity index (χ0n) is 9.16. The van der Waals surface area contributed by atoms with Gasteiger partial charge in [-0.15, -0.1) is 0 Å². The monoisotopic (exact) mass is 228 g/mol. The maximum Gasteiger partial charge on any atom is 0.242 e. The Hall–Kier alpha value is -1.07. The smallest absolute Gasteiger partial charge is 0.242 e. The molecule has 0 atom stereocenters. The molecule has 0 heterocycles. The molecule has 1 rings (SSSR count). The van der Waals surface area contributed by atoms with E-state index in [1.165, 1.54) is 0 Å². The number of sulfonamides is 1. The lowest BCUT2D eigenvalue weighted by atomic mass is 10.1. The van der Waals surface area contributed by atoms with Crippen LogP contribution in [0.2, 0.25) is 0 Å². The number of hydrogen-bond acceptors (Lipinski definition) is 3. The molecule has 15 heavy (non-hydrogen) atoms. The van der Waals surface area contributed by atoms with E-state index in [0.29, 0.717) is 17.8 Å². The molecule has 0 aromatic heterocycles. The first-order valence-electron chi connectivity index (χ1n) is 4.75. The summed E-state index contributed by atoms with van der Waals surface area (Å²) in [6.45, 7) is 5.62. The van der Waals surface area contributed by atoms with Gasteiger partial charge < -0.3 is 5.73 Å². The molecule has 0 bridgehead atoms. The van der Waals surface area contributed by atoms with Crippen LogP contribution in [-0.2, 0) is 10.0 Å². The number of nitrogens with one attached hydrogen (secondary N) is 1. The van der Waals surface area contributed by atoms with Crippen LogP contribution in [0, 0.1) is 13.8 Å². The zero-order chi connectivity index (χ0) is 11.6. The summed E-state index contributed by atoms with van der Waals surface area (Å²) >= 11 is 0. The highest BCUT2D eigenvalue weighted by molar-refractivity contribution is 7.89. The van der Waals surface area contributed by atoms with Crippen LogP contribution in [0.15, 0.2) is 17.0 Å². The van der Waals surface area contributed by atoms with E-state index in [0.717, 1.165) is 5.56 Å². The second-order valence-electron chi connectivity index (χ2n) is 3.44. The van der Waals surface area contributed by atoms with E-state index in [4.69, 9.17) is 5.73 Å². The molecule has 5 heteroatoms. The molecule has 0 aliphatic heterocycles. The average molecular weight is 228 g/mol. The van der Waals surface area contributed by atoms with Gasteiger partial charge in [-0.05, 0) is 25.0 Å². The minimum absolute atomic E-state index is 0.198. The summed E-state index contributed by atoms with van der Waals surface area (Å²) in [5.41, 5.74) is 7.55. The Labute approximate surface area is 90.5 Å². The first-order valence-corrected chi connectivity index (χ1v) is 6.23. The van der Waals surface area contributed by atoms with Gasteiger partial charge in [-0.2, -0.15) is 0 Å². The van der Waals surface area contributed by atoms with E-state index >= 15 is 0 Å².